The quantitative estimate of drug-likeness (QED) is 0.814. The third-order valence-corrected chi connectivity index (χ3v) is 2.76. The molecule has 1 heterocycles. The molecule has 0 aliphatic rings. The summed E-state index contributed by atoms with van der Waals surface area (Å²) < 4.78 is 7.77. The van der Waals surface area contributed by atoms with Crippen LogP contribution in [0, 0.1) is 11.7 Å². The van der Waals surface area contributed by atoms with E-state index in [-0.39, 0.29) is 0 Å². The Labute approximate surface area is 111 Å². The van der Waals surface area contributed by atoms with E-state index < -0.39 is 0 Å². The topological polar surface area (TPSA) is 54.9 Å². The van der Waals surface area contributed by atoms with Gasteiger partial charge >= 0.3 is 0 Å². The van der Waals surface area contributed by atoms with Crippen LogP contribution in [0.5, 0.6) is 5.75 Å². The van der Waals surface area contributed by atoms with E-state index >= 15 is 0 Å². The molecule has 0 unspecified atom stereocenters. The number of ether oxygens (including phenoxy) is 1. The van der Waals surface area contributed by atoms with Gasteiger partial charge in [0.2, 0.25) is 4.77 Å². The molecule has 2 rings (SSSR count). The Morgan fingerprint density at radius 3 is 3.00 bits per heavy atom. The zero-order valence-corrected chi connectivity index (χ0v) is 11.3. The summed E-state index contributed by atoms with van der Waals surface area (Å²) in [5.41, 5.74) is 4.34. The van der Waals surface area contributed by atoms with Crippen molar-refractivity contribution in [2.45, 2.75) is 20.4 Å². The van der Waals surface area contributed by atoms with Crippen LogP contribution in [0.15, 0.2) is 24.3 Å². The van der Waals surface area contributed by atoms with Crippen LogP contribution >= 0.6 is 12.2 Å². The van der Waals surface area contributed by atoms with Crippen molar-refractivity contribution in [3.63, 3.8) is 0 Å². The third kappa shape index (κ3) is 2.89. The number of nitrogens with zero attached hydrogens (tertiary/aromatic N) is 2. The molecule has 1 aromatic carbocycles. The molecule has 0 atom stereocenters. The molecule has 2 aromatic rings. The van der Waals surface area contributed by atoms with Crippen LogP contribution in [0.1, 0.15) is 18.3 Å². The molecule has 0 aliphatic carbocycles. The fourth-order valence-electron chi connectivity index (χ4n) is 1.64. The van der Waals surface area contributed by atoms with E-state index in [2.05, 4.69) is 15.6 Å². The van der Waals surface area contributed by atoms with Gasteiger partial charge in [0.15, 0.2) is 0 Å². The van der Waals surface area contributed by atoms with Gasteiger partial charge in [-0.05, 0) is 43.8 Å². The van der Waals surface area contributed by atoms with Crippen molar-refractivity contribution in [2.75, 3.05) is 12.0 Å². The minimum Gasteiger partial charge on any atom is -0.494 e. The van der Waals surface area contributed by atoms with Crippen molar-refractivity contribution in [3.05, 3.63) is 40.4 Å². The number of aryl methyl sites for hydroxylation is 1. The first kappa shape index (κ1) is 12.6. The van der Waals surface area contributed by atoms with Gasteiger partial charge in [-0.25, -0.2) is 4.68 Å². The predicted molar refractivity (Wildman–Crippen MR) is 72.8 cm³/mol. The van der Waals surface area contributed by atoms with Crippen LogP contribution in [-0.2, 0) is 6.54 Å². The van der Waals surface area contributed by atoms with Gasteiger partial charge in [-0.2, -0.15) is 5.10 Å². The van der Waals surface area contributed by atoms with Crippen molar-refractivity contribution in [3.8, 4) is 5.75 Å². The number of benzene rings is 1. The lowest BCUT2D eigenvalue weighted by molar-refractivity contribution is 0.340. The Morgan fingerprint density at radius 2 is 2.33 bits per heavy atom. The van der Waals surface area contributed by atoms with Crippen LogP contribution in [0.2, 0.25) is 0 Å². The lowest BCUT2D eigenvalue weighted by atomic mass is 10.2. The average Bonchev–Trinajstić information content (AvgIpc) is 2.68. The molecule has 0 saturated carbocycles. The molecule has 0 amide bonds. The highest BCUT2D eigenvalue weighted by Crippen LogP contribution is 2.13. The van der Waals surface area contributed by atoms with Crippen LogP contribution in [0.4, 0.5) is 0 Å². The predicted octanol–water partition coefficient (Wildman–Crippen LogP) is 2.39. The molecular weight excluding hydrogens is 248 g/mol. The van der Waals surface area contributed by atoms with Crippen LogP contribution < -0.4 is 10.2 Å². The summed E-state index contributed by atoms with van der Waals surface area (Å²) in [6.45, 7) is 5.19. The molecule has 2 N–H and O–H groups in total. The third-order valence-electron chi connectivity index (χ3n) is 2.49. The number of nitrogens with one attached hydrogen (secondary N) is 2. The van der Waals surface area contributed by atoms with Gasteiger partial charge in [0, 0.05) is 0 Å². The molecule has 18 heavy (non-hydrogen) atoms. The molecular formula is C12H16N4OS. The molecule has 5 nitrogen and oxygen atoms in total. The number of H-pyrrole nitrogens is 1. The van der Waals surface area contributed by atoms with Crippen LogP contribution in [-0.4, -0.2) is 21.5 Å². The first-order chi connectivity index (χ1) is 8.70. The highest BCUT2D eigenvalue weighted by molar-refractivity contribution is 7.71. The second kappa shape index (κ2) is 5.68. The minimum atomic E-state index is 0.563. The first-order valence-corrected chi connectivity index (χ1v) is 6.21. The molecule has 0 fully saturated rings. The monoisotopic (exact) mass is 264 g/mol. The lowest BCUT2D eigenvalue weighted by Crippen LogP contribution is -2.16. The summed E-state index contributed by atoms with van der Waals surface area (Å²) in [5.74, 6) is 1.69. The molecule has 0 spiro atoms. The number of aromatic nitrogens is 3. The summed E-state index contributed by atoms with van der Waals surface area (Å²) in [5, 5.41) is 6.77. The molecule has 96 valence electrons. The van der Waals surface area contributed by atoms with Gasteiger partial charge in [-0.3, -0.25) is 5.10 Å². The second-order valence-corrected chi connectivity index (χ2v) is 4.21. The Kier molecular flexibility index (Phi) is 3.99. The number of aromatic amines is 1. The van der Waals surface area contributed by atoms with Gasteiger partial charge in [-0.1, -0.05) is 12.1 Å². The average molecular weight is 264 g/mol. The summed E-state index contributed by atoms with van der Waals surface area (Å²) in [7, 11) is 0. The van der Waals surface area contributed by atoms with Gasteiger partial charge in [-0.15, -0.1) is 0 Å². The maximum atomic E-state index is 5.46. The summed E-state index contributed by atoms with van der Waals surface area (Å²) >= 11 is 5.11. The van der Waals surface area contributed by atoms with E-state index in [1.807, 2.05) is 38.1 Å². The summed E-state index contributed by atoms with van der Waals surface area (Å²) in [4.78, 5) is 0. The van der Waals surface area contributed by atoms with E-state index in [0.717, 1.165) is 17.1 Å². The standard InChI is InChI=1S/C12H16N4OS/c1-3-17-11-6-4-5-10(7-11)8-13-16-9(2)14-15-12(16)18/h4-7,13H,3,8H2,1-2H3,(H,15,18). The Bertz CT molecular complexity index is 575. The number of hydrogen-bond donors (Lipinski definition) is 2. The summed E-state index contributed by atoms with van der Waals surface area (Å²) in [6.07, 6.45) is 0. The Hall–Kier alpha value is -1.82. The number of rotatable bonds is 5. The van der Waals surface area contributed by atoms with Crippen molar-refractivity contribution in [2.24, 2.45) is 0 Å². The van der Waals surface area contributed by atoms with Crippen molar-refractivity contribution in [1.29, 1.82) is 0 Å². The zero-order chi connectivity index (χ0) is 13.0. The highest BCUT2D eigenvalue weighted by Gasteiger charge is 2.01. The van der Waals surface area contributed by atoms with E-state index in [1.165, 1.54) is 0 Å². The molecule has 6 heteroatoms. The van der Waals surface area contributed by atoms with E-state index in [9.17, 15) is 0 Å². The molecule has 0 bridgehead atoms. The van der Waals surface area contributed by atoms with Crippen LogP contribution in [0.3, 0.4) is 0 Å². The van der Waals surface area contributed by atoms with Gasteiger partial charge < -0.3 is 10.2 Å². The second-order valence-electron chi connectivity index (χ2n) is 3.83. The van der Waals surface area contributed by atoms with Gasteiger partial charge in [0.1, 0.15) is 11.6 Å². The van der Waals surface area contributed by atoms with Gasteiger partial charge in [0.05, 0.1) is 13.2 Å². The molecule has 0 saturated heterocycles. The lowest BCUT2D eigenvalue weighted by Gasteiger charge is -2.09. The largest absolute Gasteiger partial charge is 0.494 e. The maximum Gasteiger partial charge on any atom is 0.214 e. The molecule has 0 radical (unpaired) electrons. The zero-order valence-electron chi connectivity index (χ0n) is 10.4. The normalized spacial score (nSPS) is 10.3. The Balaban J connectivity index is 2.06. The van der Waals surface area contributed by atoms with Crippen molar-refractivity contribution >= 4 is 12.2 Å². The first-order valence-electron chi connectivity index (χ1n) is 5.80. The highest BCUT2D eigenvalue weighted by atomic mass is 32.1. The van der Waals surface area contributed by atoms with Crippen molar-refractivity contribution in [1.82, 2.24) is 14.9 Å². The maximum absolute atomic E-state index is 5.46. The fourth-order valence-corrected chi connectivity index (χ4v) is 1.89. The Morgan fingerprint density at radius 1 is 1.50 bits per heavy atom. The SMILES string of the molecule is CCOc1cccc(CNn2c(C)n[nH]c2=S)c1. The summed E-state index contributed by atoms with van der Waals surface area (Å²) in [6, 6.07) is 7.97. The minimum absolute atomic E-state index is 0.563. The van der Waals surface area contributed by atoms with E-state index in [1.54, 1.807) is 4.68 Å². The smallest absolute Gasteiger partial charge is 0.214 e. The fraction of sp³-hybridized carbons (Fsp3) is 0.333. The molecule has 0 aliphatic heterocycles. The molecule has 1 aromatic heterocycles. The van der Waals surface area contributed by atoms with E-state index in [4.69, 9.17) is 17.0 Å². The van der Waals surface area contributed by atoms with E-state index in [0.29, 0.717) is 17.9 Å². The number of hydrogen-bond acceptors (Lipinski definition) is 4. The van der Waals surface area contributed by atoms with Crippen LogP contribution in [0.25, 0.3) is 0 Å². The van der Waals surface area contributed by atoms with Crippen molar-refractivity contribution < 1.29 is 4.74 Å². The van der Waals surface area contributed by atoms with Gasteiger partial charge in [0.25, 0.3) is 0 Å².